The first-order valence-corrected chi connectivity index (χ1v) is 9.51. The van der Waals surface area contributed by atoms with Gasteiger partial charge in [0.2, 0.25) is 5.95 Å². The van der Waals surface area contributed by atoms with Gasteiger partial charge in [-0.15, -0.1) is 0 Å². The molecule has 1 saturated heterocycles. The van der Waals surface area contributed by atoms with Gasteiger partial charge >= 0.3 is 0 Å². The Morgan fingerprint density at radius 2 is 1.61 bits per heavy atom. The molecule has 6 nitrogen and oxygen atoms in total. The Balaban J connectivity index is 1.71. The number of hydrogen-bond donors (Lipinski definition) is 1. The molecule has 28 heavy (non-hydrogen) atoms. The van der Waals surface area contributed by atoms with Crippen LogP contribution in [0.25, 0.3) is 11.3 Å². The zero-order valence-corrected chi connectivity index (χ0v) is 16.3. The molecular weight excluding hydrogens is 350 g/mol. The number of benzene rings is 2. The molecule has 0 atom stereocenters. The van der Waals surface area contributed by atoms with Crippen molar-refractivity contribution in [1.82, 2.24) is 14.9 Å². The van der Waals surface area contributed by atoms with Gasteiger partial charge in [0.1, 0.15) is 11.6 Å². The molecule has 0 radical (unpaired) electrons. The maximum Gasteiger partial charge on any atom is 0.227 e. The molecule has 0 bridgehead atoms. The quantitative estimate of drug-likeness (QED) is 0.735. The average Bonchev–Trinajstić information content (AvgIpc) is 2.75. The first-order valence-electron chi connectivity index (χ1n) is 9.51. The van der Waals surface area contributed by atoms with Gasteiger partial charge in [0, 0.05) is 37.8 Å². The van der Waals surface area contributed by atoms with Gasteiger partial charge in [-0.05, 0) is 19.2 Å². The first-order chi connectivity index (χ1) is 13.7. The summed E-state index contributed by atoms with van der Waals surface area (Å²) in [4.78, 5) is 14.2. The number of piperazine rings is 1. The second kappa shape index (κ2) is 8.27. The summed E-state index contributed by atoms with van der Waals surface area (Å²) < 4.78 is 5.47. The number of likely N-dealkylation sites (N-methyl/N-ethyl adjacent to an activating group) is 1. The van der Waals surface area contributed by atoms with Crippen LogP contribution >= 0.6 is 0 Å². The summed E-state index contributed by atoms with van der Waals surface area (Å²) in [5.41, 5.74) is 2.86. The molecule has 2 aromatic carbocycles. The number of nitrogens with zero attached hydrogens (tertiary/aromatic N) is 4. The lowest BCUT2D eigenvalue weighted by molar-refractivity contribution is 0.311. The number of para-hydroxylation sites is 2. The van der Waals surface area contributed by atoms with Crippen molar-refractivity contribution in [2.75, 3.05) is 50.6 Å². The largest absolute Gasteiger partial charge is 0.495 e. The van der Waals surface area contributed by atoms with Crippen LogP contribution in [0.4, 0.5) is 17.5 Å². The van der Waals surface area contributed by atoms with Crippen LogP contribution < -0.4 is 15.0 Å². The van der Waals surface area contributed by atoms with Crippen LogP contribution in [-0.4, -0.2) is 55.2 Å². The highest BCUT2D eigenvalue weighted by atomic mass is 16.5. The zero-order valence-electron chi connectivity index (χ0n) is 16.3. The summed E-state index contributed by atoms with van der Waals surface area (Å²) in [6.07, 6.45) is 0. The number of anilines is 3. The molecule has 3 aromatic rings. The molecule has 0 saturated carbocycles. The SMILES string of the molecule is COc1ccccc1Nc1cc(-c2ccccc2)nc(N2CCN(C)CC2)n1. The predicted molar refractivity (Wildman–Crippen MR) is 113 cm³/mol. The lowest BCUT2D eigenvalue weighted by atomic mass is 10.1. The normalized spacial score (nSPS) is 14.7. The van der Waals surface area contributed by atoms with E-state index in [4.69, 9.17) is 14.7 Å². The van der Waals surface area contributed by atoms with Gasteiger partial charge in [0.15, 0.2) is 0 Å². The second-order valence-corrected chi connectivity index (χ2v) is 6.92. The highest BCUT2D eigenvalue weighted by molar-refractivity contribution is 5.70. The molecule has 2 heterocycles. The first kappa shape index (κ1) is 18.3. The molecule has 0 amide bonds. The van der Waals surface area contributed by atoms with E-state index in [1.807, 2.05) is 48.5 Å². The third-order valence-corrected chi connectivity index (χ3v) is 4.94. The molecule has 0 spiro atoms. The molecule has 0 unspecified atom stereocenters. The maximum atomic E-state index is 5.47. The summed E-state index contributed by atoms with van der Waals surface area (Å²) in [6.45, 7) is 3.86. The minimum atomic E-state index is 0.756. The fourth-order valence-corrected chi connectivity index (χ4v) is 3.29. The van der Waals surface area contributed by atoms with Crippen LogP contribution in [0.3, 0.4) is 0 Å². The van der Waals surface area contributed by atoms with E-state index < -0.39 is 0 Å². The van der Waals surface area contributed by atoms with Gasteiger partial charge in [0.05, 0.1) is 18.5 Å². The van der Waals surface area contributed by atoms with Crippen molar-refractivity contribution in [2.45, 2.75) is 0 Å². The summed E-state index contributed by atoms with van der Waals surface area (Å²) in [5, 5.41) is 3.41. The molecule has 1 N–H and O–H groups in total. The zero-order chi connectivity index (χ0) is 19.3. The predicted octanol–water partition coefficient (Wildman–Crippen LogP) is 3.65. The molecule has 0 aliphatic carbocycles. The molecule has 1 fully saturated rings. The van der Waals surface area contributed by atoms with Crippen molar-refractivity contribution >= 4 is 17.5 Å². The van der Waals surface area contributed by atoms with Crippen LogP contribution in [-0.2, 0) is 0 Å². The summed E-state index contributed by atoms with van der Waals surface area (Å²) >= 11 is 0. The summed E-state index contributed by atoms with van der Waals surface area (Å²) in [6, 6.07) is 20.1. The van der Waals surface area contributed by atoms with E-state index in [2.05, 4.69) is 34.3 Å². The summed E-state index contributed by atoms with van der Waals surface area (Å²) in [7, 11) is 3.82. The van der Waals surface area contributed by atoms with Gasteiger partial charge in [-0.2, -0.15) is 4.98 Å². The fraction of sp³-hybridized carbons (Fsp3) is 0.273. The van der Waals surface area contributed by atoms with Crippen LogP contribution in [0.15, 0.2) is 60.7 Å². The second-order valence-electron chi connectivity index (χ2n) is 6.92. The van der Waals surface area contributed by atoms with E-state index >= 15 is 0 Å². The van der Waals surface area contributed by atoms with E-state index in [0.29, 0.717) is 0 Å². The van der Waals surface area contributed by atoms with Crippen LogP contribution in [0.1, 0.15) is 0 Å². The number of aromatic nitrogens is 2. The van der Waals surface area contributed by atoms with Gasteiger partial charge < -0.3 is 19.9 Å². The molecule has 6 heteroatoms. The average molecular weight is 375 g/mol. The van der Waals surface area contributed by atoms with Crippen molar-refractivity contribution in [3.63, 3.8) is 0 Å². The third kappa shape index (κ3) is 4.07. The third-order valence-electron chi connectivity index (χ3n) is 4.94. The van der Waals surface area contributed by atoms with Crippen molar-refractivity contribution in [3.05, 3.63) is 60.7 Å². The van der Waals surface area contributed by atoms with Crippen molar-refractivity contribution in [2.24, 2.45) is 0 Å². The fourth-order valence-electron chi connectivity index (χ4n) is 3.29. The van der Waals surface area contributed by atoms with E-state index in [9.17, 15) is 0 Å². The molecule has 4 rings (SSSR count). The van der Waals surface area contributed by atoms with Crippen LogP contribution in [0, 0.1) is 0 Å². The Kier molecular flexibility index (Phi) is 5.39. The van der Waals surface area contributed by atoms with E-state index in [1.54, 1.807) is 7.11 Å². The summed E-state index contributed by atoms with van der Waals surface area (Å²) in [5.74, 6) is 2.29. The van der Waals surface area contributed by atoms with Crippen LogP contribution in [0.5, 0.6) is 5.75 Å². The lowest BCUT2D eigenvalue weighted by Gasteiger charge is -2.32. The number of methoxy groups -OCH3 is 1. The van der Waals surface area contributed by atoms with Gasteiger partial charge in [-0.25, -0.2) is 4.98 Å². The Bertz CT molecular complexity index is 923. The molecule has 144 valence electrons. The number of rotatable bonds is 5. The van der Waals surface area contributed by atoms with Crippen LogP contribution in [0.2, 0.25) is 0 Å². The van der Waals surface area contributed by atoms with E-state index in [0.717, 1.165) is 60.6 Å². The van der Waals surface area contributed by atoms with Crippen molar-refractivity contribution < 1.29 is 4.74 Å². The lowest BCUT2D eigenvalue weighted by Crippen LogP contribution is -2.45. The molecule has 1 aromatic heterocycles. The highest BCUT2D eigenvalue weighted by Gasteiger charge is 2.18. The minimum absolute atomic E-state index is 0.756. The van der Waals surface area contributed by atoms with Gasteiger partial charge in [-0.1, -0.05) is 42.5 Å². The molecular formula is C22H25N5O. The maximum absolute atomic E-state index is 5.47. The smallest absolute Gasteiger partial charge is 0.227 e. The Hall–Kier alpha value is -3.12. The topological polar surface area (TPSA) is 53.5 Å². The Morgan fingerprint density at radius 3 is 2.36 bits per heavy atom. The van der Waals surface area contributed by atoms with Crippen molar-refractivity contribution in [3.8, 4) is 17.0 Å². The number of hydrogen-bond acceptors (Lipinski definition) is 6. The standard InChI is InChI=1S/C22H25N5O/c1-26-12-14-27(15-13-26)22-24-19(17-8-4-3-5-9-17)16-21(25-22)23-18-10-6-7-11-20(18)28-2/h3-11,16H,12-15H2,1-2H3,(H,23,24,25). The highest BCUT2D eigenvalue weighted by Crippen LogP contribution is 2.29. The van der Waals surface area contributed by atoms with Gasteiger partial charge in [0.25, 0.3) is 0 Å². The minimum Gasteiger partial charge on any atom is -0.495 e. The van der Waals surface area contributed by atoms with E-state index in [-0.39, 0.29) is 0 Å². The Labute approximate surface area is 165 Å². The van der Waals surface area contributed by atoms with Gasteiger partial charge in [-0.3, -0.25) is 0 Å². The molecule has 1 aliphatic rings. The molecule has 1 aliphatic heterocycles. The van der Waals surface area contributed by atoms with E-state index in [1.165, 1.54) is 0 Å². The monoisotopic (exact) mass is 375 g/mol. The number of nitrogens with one attached hydrogen (secondary N) is 1. The van der Waals surface area contributed by atoms with Crippen molar-refractivity contribution in [1.29, 1.82) is 0 Å². The number of ether oxygens (including phenoxy) is 1. The Morgan fingerprint density at radius 1 is 0.893 bits per heavy atom.